The van der Waals surface area contributed by atoms with Crippen molar-refractivity contribution in [2.75, 3.05) is 13.7 Å². The van der Waals surface area contributed by atoms with Crippen LogP contribution in [0, 0.1) is 0 Å². The van der Waals surface area contributed by atoms with Gasteiger partial charge in [-0.25, -0.2) is 0 Å². The van der Waals surface area contributed by atoms with Gasteiger partial charge in [-0.2, -0.15) is 5.10 Å². The molecule has 0 bridgehead atoms. The smallest absolute Gasteiger partial charge is 0.184 e. The third kappa shape index (κ3) is 3.35. The zero-order chi connectivity index (χ0) is 13.7. The number of piperidine rings is 1. The summed E-state index contributed by atoms with van der Waals surface area (Å²) in [4.78, 5) is 12.3. The van der Waals surface area contributed by atoms with Crippen LogP contribution in [0.15, 0.2) is 6.20 Å². The van der Waals surface area contributed by atoms with Gasteiger partial charge >= 0.3 is 0 Å². The van der Waals surface area contributed by atoms with E-state index in [4.69, 9.17) is 4.74 Å². The topological polar surface area (TPSA) is 56.2 Å². The van der Waals surface area contributed by atoms with Gasteiger partial charge in [-0.05, 0) is 32.7 Å². The molecule has 2 heterocycles. The zero-order valence-corrected chi connectivity index (χ0v) is 11.8. The van der Waals surface area contributed by atoms with Crippen molar-refractivity contribution in [2.24, 2.45) is 0 Å². The van der Waals surface area contributed by atoms with E-state index in [0.29, 0.717) is 30.5 Å². The van der Waals surface area contributed by atoms with E-state index < -0.39 is 0 Å². The van der Waals surface area contributed by atoms with Crippen LogP contribution in [-0.2, 0) is 6.54 Å². The first-order valence-corrected chi connectivity index (χ1v) is 7.12. The molecular formula is C14H23N3O2. The van der Waals surface area contributed by atoms with Gasteiger partial charge < -0.3 is 10.1 Å². The standard InChI is InChI=1S/C14H23N3O2/c1-3-17-14(13(19-2)10-16-17)12(18)8-7-11-6-4-5-9-15-11/h10-11,15H,3-9H2,1-2H3. The van der Waals surface area contributed by atoms with Crippen molar-refractivity contribution in [3.05, 3.63) is 11.9 Å². The van der Waals surface area contributed by atoms with E-state index in [-0.39, 0.29) is 5.78 Å². The number of aryl methyl sites for hydroxylation is 1. The van der Waals surface area contributed by atoms with Gasteiger partial charge in [0.1, 0.15) is 5.69 Å². The molecule has 5 heteroatoms. The quantitative estimate of drug-likeness (QED) is 0.799. The van der Waals surface area contributed by atoms with E-state index >= 15 is 0 Å². The number of aromatic nitrogens is 2. The second-order valence-electron chi connectivity index (χ2n) is 4.99. The van der Waals surface area contributed by atoms with Gasteiger partial charge in [0.05, 0.1) is 13.3 Å². The lowest BCUT2D eigenvalue weighted by atomic mass is 9.98. The molecule has 1 aromatic heterocycles. The van der Waals surface area contributed by atoms with Gasteiger partial charge in [0.2, 0.25) is 0 Å². The Balaban J connectivity index is 1.96. The molecule has 1 saturated heterocycles. The van der Waals surface area contributed by atoms with Crippen molar-refractivity contribution in [1.82, 2.24) is 15.1 Å². The van der Waals surface area contributed by atoms with Crippen LogP contribution in [0.25, 0.3) is 0 Å². The fourth-order valence-electron chi connectivity index (χ4n) is 2.63. The molecule has 0 aromatic carbocycles. The van der Waals surface area contributed by atoms with E-state index in [0.717, 1.165) is 13.0 Å². The van der Waals surface area contributed by atoms with E-state index in [2.05, 4.69) is 10.4 Å². The minimum atomic E-state index is 0.128. The Morgan fingerprint density at radius 3 is 3.05 bits per heavy atom. The second kappa shape index (κ2) is 6.70. The van der Waals surface area contributed by atoms with Crippen LogP contribution in [0.1, 0.15) is 49.5 Å². The van der Waals surface area contributed by atoms with Crippen LogP contribution >= 0.6 is 0 Å². The van der Waals surface area contributed by atoms with Gasteiger partial charge in [0.25, 0.3) is 0 Å². The minimum Gasteiger partial charge on any atom is -0.493 e. The van der Waals surface area contributed by atoms with Gasteiger partial charge in [-0.15, -0.1) is 0 Å². The Morgan fingerprint density at radius 2 is 2.42 bits per heavy atom. The highest BCUT2D eigenvalue weighted by Crippen LogP contribution is 2.21. The molecule has 106 valence electrons. The average Bonchev–Trinajstić information content (AvgIpc) is 2.89. The summed E-state index contributed by atoms with van der Waals surface area (Å²) in [5.41, 5.74) is 0.612. The van der Waals surface area contributed by atoms with Gasteiger partial charge in [0, 0.05) is 19.0 Å². The Labute approximate surface area is 114 Å². The highest BCUT2D eigenvalue weighted by molar-refractivity contribution is 5.97. The molecule has 1 unspecified atom stereocenters. The molecule has 0 aliphatic carbocycles. The third-order valence-electron chi connectivity index (χ3n) is 3.72. The van der Waals surface area contributed by atoms with Crippen LogP contribution in [0.4, 0.5) is 0 Å². The highest BCUT2D eigenvalue weighted by Gasteiger charge is 2.20. The minimum absolute atomic E-state index is 0.128. The Morgan fingerprint density at radius 1 is 1.58 bits per heavy atom. The summed E-state index contributed by atoms with van der Waals surface area (Å²) in [7, 11) is 1.58. The van der Waals surface area contributed by atoms with Crippen LogP contribution < -0.4 is 10.1 Å². The molecule has 19 heavy (non-hydrogen) atoms. The predicted octanol–water partition coefficient (Wildman–Crippen LogP) is 2.02. The number of carbonyl (C=O) groups excluding carboxylic acids is 1. The maximum Gasteiger partial charge on any atom is 0.184 e. The molecule has 0 radical (unpaired) electrons. The van der Waals surface area contributed by atoms with E-state index in [1.54, 1.807) is 18.0 Å². The number of Topliss-reactive ketones (excluding diaryl/α,β-unsaturated/α-hetero) is 1. The molecule has 0 amide bonds. The van der Waals surface area contributed by atoms with Gasteiger partial charge in [-0.3, -0.25) is 9.48 Å². The number of nitrogens with one attached hydrogen (secondary N) is 1. The fourth-order valence-corrected chi connectivity index (χ4v) is 2.63. The summed E-state index contributed by atoms with van der Waals surface area (Å²) in [6.07, 6.45) is 6.77. The number of hydrogen-bond donors (Lipinski definition) is 1. The van der Waals surface area contributed by atoms with Crippen molar-refractivity contribution in [1.29, 1.82) is 0 Å². The molecule has 1 atom stereocenters. The van der Waals surface area contributed by atoms with Crippen LogP contribution in [0.5, 0.6) is 5.75 Å². The Kier molecular flexibility index (Phi) is 4.96. The molecular weight excluding hydrogens is 242 g/mol. The maximum atomic E-state index is 12.3. The summed E-state index contributed by atoms with van der Waals surface area (Å²) < 4.78 is 6.94. The fraction of sp³-hybridized carbons (Fsp3) is 0.714. The molecule has 0 spiro atoms. The normalized spacial score (nSPS) is 19.4. The number of ketones is 1. The largest absolute Gasteiger partial charge is 0.493 e. The maximum absolute atomic E-state index is 12.3. The van der Waals surface area contributed by atoms with Crippen molar-refractivity contribution < 1.29 is 9.53 Å². The number of carbonyl (C=O) groups is 1. The lowest BCUT2D eigenvalue weighted by molar-refractivity contribution is 0.0960. The van der Waals surface area contributed by atoms with Crippen LogP contribution in [-0.4, -0.2) is 35.3 Å². The van der Waals surface area contributed by atoms with Crippen LogP contribution in [0.2, 0.25) is 0 Å². The molecule has 0 saturated carbocycles. The first-order chi connectivity index (χ1) is 9.26. The molecule has 1 aromatic rings. The van der Waals surface area contributed by atoms with Crippen molar-refractivity contribution in [3.8, 4) is 5.75 Å². The van der Waals surface area contributed by atoms with Crippen molar-refractivity contribution in [3.63, 3.8) is 0 Å². The zero-order valence-electron chi connectivity index (χ0n) is 11.8. The number of rotatable bonds is 6. The predicted molar refractivity (Wildman–Crippen MR) is 73.7 cm³/mol. The molecule has 1 aliphatic heterocycles. The van der Waals surface area contributed by atoms with E-state index in [1.807, 2.05) is 6.92 Å². The van der Waals surface area contributed by atoms with Gasteiger partial charge in [0.15, 0.2) is 11.5 Å². The summed E-state index contributed by atoms with van der Waals surface area (Å²) in [6.45, 7) is 3.74. The summed E-state index contributed by atoms with van der Waals surface area (Å²) >= 11 is 0. The third-order valence-corrected chi connectivity index (χ3v) is 3.72. The molecule has 1 fully saturated rings. The summed E-state index contributed by atoms with van der Waals surface area (Å²) in [5.74, 6) is 0.715. The van der Waals surface area contributed by atoms with Crippen molar-refractivity contribution >= 4 is 5.78 Å². The number of ether oxygens (including phenoxy) is 1. The number of methoxy groups -OCH3 is 1. The van der Waals surface area contributed by atoms with E-state index in [9.17, 15) is 4.79 Å². The Hall–Kier alpha value is -1.36. The lowest BCUT2D eigenvalue weighted by Gasteiger charge is -2.23. The van der Waals surface area contributed by atoms with E-state index in [1.165, 1.54) is 19.3 Å². The molecule has 2 rings (SSSR count). The van der Waals surface area contributed by atoms with Crippen molar-refractivity contribution in [2.45, 2.75) is 51.6 Å². The summed E-state index contributed by atoms with van der Waals surface area (Å²) in [6, 6.07) is 0.488. The highest BCUT2D eigenvalue weighted by atomic mass is 16.5. The first-order valence-electron chi connectivity index (χ1n) is 7.12. The monoisotopic (exact) mass is 265 g/mol. The Bertz CT molecular complexity index is 401. The summed E-state index contributed by atoms with van der Waals surface area (Å²) in [5, 5.41) is 7.65. The SMILES string of the molecule is CCn1ncc(OC)c1C(=O)CCC1CCCCN1. The van der Waals surface area contributed by atoms with Gasteiger partial charge in [-0.1, -0.05) is 6.42 Å². The van der Waals surface area contributed by atoms with Crippen LogP contribution in [0.3, 0.4) is 0 Å². The molecule has 1 aliphatic rings. The molecule has 1 N–H and O–H groups in total. The second-order valence-corrected chi connectivity index (χ2v) is 4.99. The lowest BCUT2D eigenvalue weighted by Crippen LogP contribution is -2.34. The first kappa shape index (κ1) is 14.1. The number of nitrogens with zero attached hydrogens (tertiary/aromatic N) is 2. The number of hydrogen-bond acceptors (Lipinski definition) is 4. The molecule has 5 nitrogen and oxygen atoms in total. The average molecular weight is 265 g/mol.